The van der Waals surface area contributed by atoms with Crippen molar-refractivity contribution in [2.24, 2.45) is 16.3 Å². The van der Waals surface area contributed by atoms with Crippen molar-refractivity contribution in [3.63, 3.8) is 0 Å². The summed E-state index contributed by atoms with van der Waals surface area (Å²) in [5.41, 5.74) is 2.75. The number of nitrogens with zero attached hydrogens (tertiary/aromatic N) is 1. The molecule has 3 atom stereocenters. The smallest absolute Gasteiger partial charge is 0.336 e. The van der Waals surface area contributed by atoms with Gasteiger partial charge in [0.25, 0.3) is 0 Å². The van der Waals surface area contributed by atoms with Crippen LogP contribution in [0.2, 0.25) is 0 Å². The predicted octanol–water partition coefficient (Wildman–Crippen LogP) is 4.23. The highest BCUT2D eigenvalue weighted by Gasteiger charge is 2.47. The fourth-order valence-corrected chi connectivity index (χ4v) is 5.05. The summed E-state index contributed by atoms with van der Waals surface area (Å²) in [5, 5.41) is 0. The number of rotatable bonds is 5. The maximum Gasteiger partial charge on any atom is 0.336 e. The van der Waals surface area contributed by atoms with Gasteiger partial charge >= 0.3 is 5.97 Å². The second-order valence-corrected chi connectivity index (χ2v) is 9.55. The molecule has 0 unspecified atom stereocenters. The van der Waals surface area contributed by atoms with Crippen molar-refractivity contribution in [2.75, 3.05) is 20.3 Å². The first-order chi connectivity index (χ1) is 14.8. The van der Waals surface area contributed by atoms with E-state index in [0.29, 0.717) is 24.3 Å². The fraction of sp³-hybridized carbons (Fsp3) is 0.560. The Hall–Kier alpha value is -2.47. The maximum atomic E-state index is 13.3. The van der Waals surface area contributed by atoms with Crippen LogP contribution in [0.5, 0.6) is 5.75 Å². The molecule has 4 rings (SSSR count). The Kier molecular flexibility index (Phi) is 6.02. The van der Waals surface area contributed by atoms with Crippen LogP contribution in [-0.2, 0) is 19.1 Å². The third-order valence-corrected chi connectivity index (χ3v) is 6.48. The first-order valence-corrected chi connectivity index (χ1v) is 11.0. The molecule has 1 aromatic carbocycles. The van der Waals surface area contributed by atoms with Crippen molar-refractivity contribution in [3.05, 3.63) is 41.1 Å². The Morgan fingerprint density at radius 1 is 1.19 bits per heavy atom. The summed E-state index contributed by atoms with van der Waals surface area (Å²) in [6, 6.07) is 7.59. The summed E-state index contributed by atoms with van der Waals surface area (Å²) in [6.45, 7) is 6.97. The predicted molar refractivity (Wildman–Crippen MR) is 117 cm³/mol. The van der Waals surface area contributed by atoms with Crippen LogP contribution < -0.4 is 4.74 Å². The molecule has 1 aliphatic carbocycles. The van der Waals surface area contributed by atoms with Crippen LogP contribution in [0.3, 0.4) is 0 Å². The topological polar surface area (TPSA) is 74.2 Å². The van der Waals surface area contributed by atoms with Gasteiger partial charge in [-0.1, -0.05) is 26.0 Å². The fourth-order valence-electron chi connectivity index (χ4n) is 5.05. The minimum atomic E-state index is -0.435. The average Bonchev–Trinajstić information content (AvgIpc) is 3.24. The van der Waals surface area contributed by atoms with Gasteiger partial charge in [-0.05, 0) is 49.3 Å². The van der Waals surface area contributed by atoms with Crippen molar-refractivity contribution in [3.8, 4) is 5.75 Å². The lowest BCUT2D eigenvalue weighted by atomic mass is 9.63. The molecule has 166 valence electrons. The standard InChI is InChI=1S/C25H31NO5/c1-15-21(24(28)31-14-18-6-5-11-30-18)22(16-7-9-17(29-4)10-8-16)23-19(26-15)12-25(2,3)13-20(23)27/h7-10,18,22-23H,5-6,11-14H2,1-4H3/t18-,22+,23-/m0/s1. The molecule has 2 heterocycles. The highest BCUT2D eigenvalue weighted by molar-refractivity contribution is 6.12. The van der Waals surface area contributed by atoms with Crippen molar-refractivity contribution in [1.29, 1.82) is 0 Å². The molecule has 0 spiro atoms. The second kappa shape index (κ2) is 8.58. The number of ether oxygens (including phenoxy) is 3. The highest BCUT2D eigenvalue weighted by atomic mass is 16.6. The van der Waals surface area contributed by atoms with Crippen molar-refractivity contribution < 1.29 is 23.8 Å². The molecule has 6 heteroatoms. The van der Waals surface area contributed by atoms with Crippen LogP contribution in [0, 0.1) is 11.3 Å². The molecule has 1 saturated heterocycles. The lowest BCUT2D eigenvalue weighted by Crippen LogP contribution is -2.44. The number of methoxy groups -OCH3 is 1. The molecule has 0 radical (unpaired) electrons. The minimum absolute atomic E-state index is 0.0518. The number of carbonyl (C=O) groups is 2. The number of aliphatic imine (C=N–C) groups is 1. The molecule has 2 fully saturated rings. The van der Waals surface area contributed by atoms with Crippen LogP contribution in [0.25, 0.3) is 0 Å². The van der Waals surface area contributed by atoms with Gasteiger partial charge in [0.2, 0.25) is 0 Å². The lowest BCUT2D eigenvalue weighted by Gasteiger charge is -2.41. The number of carbonyl (C=O) groups excluding carboxylic acids is 2. The highest BCUT2D eigenvalue weighted by Crippen LogP contribution is 2.47. The van der Waals surface area contributed by atoms with Gasteiger partial charge < -0.3 is 14.2 Å². The van der Waals surface area contributed by atoms with Gasteiger partial charge in [-0.3, -0.25) is 9.79 Å². The molecule has 2 aliphatic heterocycles. The molecular weight excluding hydrogens is 394 g/mol. The van der Waals surface area contributed by atoms with E-state index in [0.717, 1.165) is 36.3 Å². The molecule has 1 aromatic rings. The van der Waals surface area contributed by atoms with E-state index in [2.05, 4.69) is 13.8 Å². The number of Topliss-reactive ketones (excluding diaryl/α,β-unsaturated/α-hetero) is 1. The van der Waals surface area contributed by atoms with Gasteiger partial charge in [-0.25, -0.2) is 4.79 Å². The summed E-state index contributed by atoms with van der Waals surface area (Å²) >= 11 is 0. The molecule has 0 amide bonds. The van der Waals surface area contributed by atoms with Crippen molar-refractivity contribution in [2.45, 2.75) is 58.5 Å². The summed E-state index contributed by atoms with van der Waals surface area (Å²) in [7, 11) is 1.62. The molecule has 1 saturated carbocycles. The zero-order chi connectivity index (χ0) is 22.2. The van der Waals surface area contributed by atoms with E-state index in [1.165, 1.54) is 0 Å². The van der Waals surface area contributed by atoms with Crippen LogP contribution in [0.4, 0.5) is 0 Å². The van der Waals surface area contributed by atoms with E-state index < -0.39 is 17.8 Å². The number of hydrogen-bond donors (Lipinski definition) is 0. The normalized spacial score (nSPS) is 27.5. The van der Waals surface area contributed by atoms with Gasteiger partial charge in [-0.2, -0.15) is 0 Å². The van der Waals surface area contributed by atoms with Gasteiger partial charge in [0.15, 0.2) is 0 Å². The van der Waals surface area contributed by atoms with E-state index >= 15 is 0 Å². The van der Waals surface area contributed by atoms with Gasteiger partial charge in [0.1, 0.15) is 18.1 Å². The number of esters is 1. The largest absolute Gasteiger partial charge is 0.497 e. The van der Waals surface area contributed by atoms with Crippen LogP contribution in [-0.4, -0.2) is 43.9 Å². The van der Waals surface area contributed by atoms with Gasteiger partial charge in [0.05, 0.1) is 24.7 Å². The van der Waals surface area contributed by atoms with Crippen LogP contribution >= 0.6 is 0 Å². The molecular formula is C25H31NO5. The Labute approximate surface area is 183 Å². The summed E-state index contributed by atoms with van der Waals surface area (Å²) < 4.78 is 16.5. The summed E-state index contributed by atoms with van der Waals surface area (Å²) in [6.07, 6.45) is 3.04. The number of ketones is 1. The first kappa shape index (κ1) is 21.8. The molecule has 0 aromatic heterocycles. The number of benzene rings is 1. The van der Waals surface area contributed by atoms with E-state index in [4.69, 9.17) is 19.2 Å². The van der Waals surface area contributed by atoms with Gasteiger partial charge in [0, 0.05) is 30.4 Å². The first-order valence-electron chi connectivity index (χ1n) is 11.0. The van der Waals surface area contributed by atoms with Crippen molar-refractivity contribution >= 4 is 17.5 Å². The lowest BCUT2D eigenvalue weighted by molar-refractivity contribution is -0.142. The monoisotopic (exact) mass is 425 g/mol. The van der Waals surface area contributed by atoms with Crippen LogP contribution in [0.15, 0.2) is 40.5 Å². The Morgan fingerprint density at radius 3 is 2.58 bits per heavy atom. The van der Waals surface area contributed by atoms with E-state index in [1.807, 2.05) is 31.2 Å². The quantitative estimate of drug-likeness (QED) is 0.660. The van der Waals surface area contributed by atoms with E-state index in [-0.39, 0.29) is 23.9 Å². The molecule has 0 N–H and O–H groups in total. The SMILES string of the molecule is COc1ccc([C@@H]2C(C(=O)OC[C@@H]3CCCO3)=C(C)N=C3CC(C)(C)CC(=O)[C@H]32)cc1. The summed E-state index contributed by atoms with van der Waals surface area (Å²) in [4.78, 5) is 31.3. The zero-order valence-electron chi connectivity index (χ0n) is 18.8. The Balaban J connectivity index is 1.71. The molecule has 3 aliphatic rings. The third-order valence-electron chi connectivity index (χ3n) is 6.48. The van der Waals surface area contributed by atoms with Crippen molar-refractivity contribution in [1.82, 2.24) is 0 Å². The zero-order valence-corrected chi connectivity index (χ0v) is 18.8. The minimum Gasteiger partial charge on any atom is -0.497 e. The van der Waals surface area contributed by atoms with E-state index in [9.17, 15) is 9.59 Å². The molecule has 0 bridgehead atoms. The Bertz CT molecular complexity index is 922. The maximum absolute atomic E-state index is 13.3. The number of fused-ring (bicyclic) bond motifs is 1. The average molecular weight is 426 g/mol. The molecule has 31 heavy (non-hydrogen) atoms. The summed E-state index contributed by atoms with van der Waals surface area (Å²) in [5.74, 6) is -0.385. The van der Waals surface area contributed by atoms with Crippen LogP contribution in [0.1, 0.15) is 57.9 Å². The molecule has 6 nitrogen and oxygen atoms in total. The third kappa shape index (κ3) is 4.45. The van der Waals surface area contributed by atoms with Gasteiger partial charge in [-0.15, -0.1) is 0 Å². The second-order valence-electron chi connectivity index (χ2n) is 9.55. The number of allylic oxidation sites excluding steroid dienone is 1. The van der Waals surface area contributed by atoms with E-state index in [1.54, 1.807) is 7.11 Å². The number of hydrogen-bond acceptors (Lipinski definition) is 6. The Morgan fingerprint density at radius 2 is 1.94 bits per heavy atom.